The summed E-state index contributed by atoms with van der Waals surface area (Å²) in [5, 5.41) is 4.71. The zero-order valence-electron chi connectivity index (χ0n) is 11.1. The summed E-state index contributed by atoms with van der Waals surface area (Å²) in [6, 6.07) is 9.52. The average Bonchev–Trinajstić information content (AvgIpc) is 2.96. The molecule has 0 unspecified atom stereocenters. The van der Waals surface area contributed by atoms with E-state index in [-0.39, 0.29) is 5.56 Å². The molecule has 0 radical (unpaired) electrons. The highest BCUT2D eigenvalue weighted by Crippen LogP contribution is 2.24. The number of carbonyl (C=O) groups excluding carboxylic acids is 1. The van der Waals surface area contributed by atoms with Crippen molar-refractivity contribution in [2.75, 3.05) is 5.32 Å². The molecule has 3 N–H and O–H groups in total. The number of aromatic amines is 2. The van der Waals surface area contributed by atoms with E-state index in [0.717, 1.165) is 17.5 Å². The molecule has 0 aliphatic heterocycles. The van der Waals surface area contributed by atoms with Crippen molar-refractivity contribution >= 4 is 22.4 Å². The third-order valence-electron chi connectivity index (χ3n) is 2.86. The van der Waals surface area contributed by atoms with Crippen LogP contribution < -0.4 is 16.6 Å². The van der Waals surface area contributed by atoms with E-state index in [1.54, 1.807) is 0 Å². The fourth-order valence-electron chi connectivity index (χ4n) is 1.82. The second-order valence-electron chi connectivity index (χ2n) is 4.34. The second-order valence-corrected chi connectivity index (χ2v) is 5.20. The van der Waals surface area contributed by atoms with Crippen LogP contribution in [0.15, 0.2) is 51.5 Å². The molecule has 1 aromatic carbocycles. The Morgan fingerprint density at radius 3 is 2.68 bits per heavy atom. The van der Waals surface area contributed by atoms with Gasteiger partial charge in [0.15, 0.2) is 5.13 Å². The van der Waals surface area contributed by atoms with Crippen LogP contribution in [0.25, 0.3) is 11.3 Å². The normalized spacial score (nSPS) is 10.4. The van der Waals surface area contributed by atoms with Crippen LogP contribution in [-0.4, -0.2) is 20.9 Å². The van der Waals surface area contributed by atoms with Crippen molar-refractivity contribution in [2.45, 2.75) is 0 Å². The Morgan fingerprint density at radius 2 is 1.95 bits per heavy atom. The third-order valence-corrected chi connectivity index (χ3v) is 3.62. The lowest BCUT2D eigenvalue weighted by Crippen LogP contribution is -2.29. The minimum absolute atomic E-state index is 0.184. The van der Waals surface area contributed by atoms with Crippen molar-refractivity contribution < 1.29 is 4.79 Å². The van der Waals surface area contributed by atoms with E-state index in [1.165, 1.54) is 11.3 Å². The van der Waals surface area contributed by atoms with Crippen LogP contribution >= 0.6 is 11.3 Å². The Bertz CT molecular complexity index is 927. The van der Waals surface area contributed by atoms with Gasteiger partial charge >= 0.3 is 5.69 Å². The van der Waals surface area contributed by atoms with E-state index in [2.05, 4.69) is 15.3 Å². The molecule has 3 rings (SSSR count). The first-order chi connectivity index (χ1) is 10.6. The molecule has 0 atom stereocenters. The Labute approximate surface area is 127 Å². The van der Waals surface area contributed by atoms with Crippen LogP contribution in [0.1, 0.15) is 10.4 Å². The molecule has 7 nitrogen and oxygen atoms in total. The predicted molar refractivity (Wildman–Crippen MR) is 83.2 cm³/mol. The number of carbonyl (C=O) groups is 1. The molecule has 3 aromatic rings. The lowest BCUT2D eigenvalue weighted by molar-refractivity contribution is 0.102. The first-order valence-corrected chi connectivity index (χ1v) is 7.16. The summed E-state index contributed by atoms with van der Waals surface area (Å²) in [4.78, 5) is 43.0. The summed E-state index contributed by atoms with van der Waals surface area (Å²) in [7, 11) is 0. The highest BCUT2D eigenvalue weighted by atomic mass is 32.1. The predicted octanol–water partition coefficient (Wildman–Crippen LogP) is 1.44. The van der Waals surface area contributed by atoms with Gasteiger partial charge in [-0.2, -0.15) is 0 Å². The quantitative estimate of drug-likeness (QED) is 0.679. The summed E-state index contributed by atoms with van der Waals surface area (Å²) in [6.45, 7) is 0. The number of aromatic nitrogens is 3. The maximum atomic E-state index is 12.0. The van der Waals surface area contributed by atoms with Gasteiger partial charge in [-0.25, -0.2) is 9.78 Å². The average molecular weight is 314 g/mol. The number of H-pyrrole nitrogens is 2. The number of hydrogen-bond donors (Lipinski definition) is 3. The van der Waals surface area contributed by atoms with Crippen LogP contribution in [0.2, 0.25) is 0 Å². The van der Waals surface area contributed by atoms with Crippen molar-refractivity contribution in [3.63, 3.8) is 0 Å². The van der Waals surface area contributed by atoms with Crippen LogP contribution in [-0.2, 0) is 0 Å². The van der Waals surface area contributed by atoms with Crippen LogP contribution in [0.3, 0.4) is 0 Å². The van der Waals surface area contributed by atoms with E-state index < -0.39 is 17.2 Å². The Hall–Kier alpha value is -3.00. The van der Waals surface area contributed by atoms with E-state index in [1.807, 2.05) is 40.7 Å². The molecule has 0 fully saturated rings. The number of amides is 1. The van der Waals surface area contributed by atoms with Crippen LogP contribution in [0, 0.1) is 0 Å². The van der Waals surface area contributed by atoms with Gasteiger partial charge in [0.2, 0.25) is 0 Å². The lowest BCUT2D eigenvalue weighted by atomic mass is 10.2. The first kappa shape index (κ1) is 14.0. The van der Waals surface area contributed by atoms with Crippen molar-refractivity contribution in [2.24, 2.45) is 0 Å². The molecule has 8 heteroatoms. The summed E-state index contributed by atoms with van der Waals surface area (Å²) in [5.74, 6) is -0.633. The molecule has 0 aliphatic carbocycles. The van der Waals surface area contributed by atoms with Gasteiger partial charge in [-0.15, -0.1) is 11.3 Å². The zero-order valence-corrected chi connectivity index (χ0v) is 11.9. The molecule has 0 aliphatic rings. The van der Waals surface area contributed by atoms with Crippen LogP contribution in [0.5, 0.6) is 0 Å². The SMILES string of the molecule is O=C(Nc1nc(-c2ccccc2)cs1)c1c[nH]c(=O)[nH]c1=O. The monoisotopic (exact) mass is 314 g/mol. The molecular formula is C14H10N4O3S. The molecule has 110 valence electrons. The number of thiazole rings is 1. The minimum atomic E-state index is -0.749. The van der Waals surface area contributed by atoms with Crippen molar-refractivity contribution in [3.05, 3.63) is 68.3 Å². The Balaban J connectivity index is 1.82. The van der Waals surface area contributed by atoms with Gasteiger partial charge in [0, 0.05) is 17.1 Å². The summed E-state index contributed by atoms with van der Waals surface area (Å²) < 4.78 is 0. The third kappa shape index (κ3) is 2.86. The van der Waals surface area contributed by atoms with E-state index in [0.29, 0.717) is 5.13 Å². The number of anilines is 1. The van der Waals surface area contributed by atoms with Crippen molar-refractivity contribution in [1.82, 2.24) is 15.0 Å². The molecule has 0 saturated carbocycles. The molecule has 2 heterocycles. The van der Waals surface area contributed by atoms with E-state index in [4.69, 9.17) is 0 Å². The number of benzene rings is 1. The number of hydrogen-bond acceptors (Lipinski definition) is 5. The molecular weight excluding hydrogens is 304 g/mol. The smallest absolute Gasteiger partial charge is 0.313 e. The van der Waals surface area contributed by atoms with Gasteiger partial charge in [0.25, 0.3) is 11.5 Å². The zero-order chi connectivity index (χ0) is 15.5. The molecule has 0 bridgehead atoms. The van der Waals surface area contributed by atoms with Gasteiger partial charge in [-0.05, 0) is 0 Å². The topological polar surface area (TPSA) is 108 Å². The Kier molecular flexibility index (Phi) is 3.67. The van der Waals surface area contributed by atoms with Crippen molar-refractivity contribution in [3.8, 4) is 11.3 Å². The van der Waals surface area contributed by atoms with Crippen molar-refractivity contribution in [1.29, 1.82) is 0 Å². The fraction of sp³-hybridized carbons (Fsp3) is 0. The Morgan fingerprint density at radius 1 is 1.18 bits per heavy atom. The number of rotatable bonds is 3. The molecule has 0 saturated heterocycles. The van der Waals surface area contributed by atoms with E-state index >= 15 is 0 Å². The maximum absolute atomic E-state index is 12.0. The maximum Gasteiger partial charge on any atom is 0.325 e. The molecule has 0 spiro atoms. The summed E-state index contributed by atoms with van der Waals surface area (Å²) in [6.07, 6.45) is 1.07. The lowest BCUT2D eigenvalue weighted by Gasteiger charge is -2.00. The first-order valence-electron chi connectivity index (χ1n) is 6.28. The van der Waals surface area contributed by atoms with Gasteiger partial charge in [0.1, 0.15) is 5.56 Å². The largest absolute Gasteiger partial charge is 0.325 e. The number of nitrogens with zero attached hydrogens (tertiary/aromatic N) is 1. The highest BCUT2D eigenvalue weighted by Gasteiger charge is 2.13. The van der Waals surface area contributed by atoms with Gasteiger partial charge in [-0.3, -0.25) is 19.9 Å². The standard InChI is InChI=1S/C14H10N4O3S/c19-11-9(6-15-13(21)17-11)12(20)18-14-16-10(7-22-14)8-4-2-1-3-5-8/h1-7H,(H,16,18,20)(H2,15,17,19,21). The highest BCUT2D eigenvalue weighted by molar-refractivity contribution is 7.14. The fourth-order valence-corrected chi connectivity index (χ4v) is 2.53. The molecule has 2 aromatic heterocycles. The summed E-state index contributed by atoms with van der Waals surface area (Å²) >= 11 is 1.25. The van der Waals surface area contributed by atoms with Gasteiger partial charge in [0.05, 0.1) is 5.69 Å². The number of nitrogens with one attached hydrogen (secondary N) is 3. The molecule has 22 heavy (non-hydrogen) atoms. The van der Waals surface area contributed by atoms with Gasteiger partial charge < -0.3 is 4.98 Å². The summed E-state index contributed by atoms with van der Waals surface area (Å²) in [5.41, 5.74) is 0.0664. The molecule has 1 amide bonds. The minimum Gasteiger partial charge on any atom is -0.313 e. The van der Waals surface area contributed by atoms with Gasteiger partial charge in [-0.1, -0.05) is 30.3 Å². The van der Waals surface area contributed by atoms with Crippen LogP contribution in [0.4, 0.5) is 5.13 Å². The van der Waals surface area contributed by atoms with E-state index in [9.17, 15) is 14.4 Å². The second kappa shape index (κ2) is 5.78.